The number of nitrogens with one attached hydrogen (secondary N) is 4. The molecule has 4 amide bonds. The Morgan fingerprint density at radius 2 is 1.23 bits per heavy atom. The van der Waals surface area contributed by atoms with Gasteiger partial charge in [-0.1, -0.05) is 6.07 Å². The van der Waals surface area contributed by atoms with Crippen molar-refractivity contribution in [3.05, 3.63) is 83.4 Å². The number of benzene rings is 3. The molecule has 10 heteroatoms. The van der Waals surface area contributed by atoms with Crippen LogP contribution in [0.3, 0.4) is 0 Å². The van der Waals surface area contributed by atoms with Crippen LogP contribution in [0.5, 0.6) is 0 Å². The van der Waals surface area contributed by atoms with E-state index >= 15 is 0 Å². The standard InChI is InChI=1S/C29H33N5O5/c1-19(36)30-25-14-20(18-35)15-26(17-25)33-29(39)22-11-9-21(10-12-22)28(38)32-24-7-4-6-23(16-24)31-27(37)8-5-13-34(2)3/h4,6-7,9-12,14-17,35H,5,8,13,18H2,1-3H3,(H,30,36)(H,31,37)(H,32,38)(H,33,39). The van der Waals surface area contributed by atoms with Gasteiger partial charge in [-0.2, -0.15) is 0 Å². The lowest BCUT2D eigenvalue weighted by molar-refractivity contribution is -0.116. The van der Waals surface area contributed by atoms with Crippen molar-refractivity contribution in [1.29, 1.82) is 0 Å². The summed E-state index contributed by atoms with van der Waals surface area (Å²) in [6.07, 6.45) is 1.15. The Kier molecular flexibility index (Phi) is 10.3. The Hall–Kier alpha value is -4.54. The molecule has 3 aromatic carbocycles. The van der Waals surface area contributed by atoms with Crippen molar-refractivity contribution in [2.24, 2.45) is 0 Å². The van der Waals surface area contributed by atoms with Crippen LogP contribution in [0, 0.1) is 0 Å². The molecule has 3 rings (SSSR count). The molecule has 0 unspecified atom stereocenters. The maximum absolute atomic E-state index is 12.8. The molecule has 0 aliphatic carbocycles. The van der Waals surface area contributed by atoms with Crippen molar-refractivity contribution in [2.45, 2.75) is 26.4 Å². The van der Waals surface area contributed by atoms with Crippen LogP contribution in [0.1, 0.15) is 46.0 Å². The van der Waals surface area contributed by atoms with Crippen LogP contribution in [0.2, 0.25) is 0 Å². The van der Waals surface area contributed by atoms with E-state index in [1.165, 1.54) is 31.2 Å². The summed E-state index contributed by atoms with van der Waals surface area (Å²) >= 11 is 0. The van der Waals surface area contributed by atoms with Crippen LogP contribution in [0.25, 0.3) is 0 Å². The quantitative estimate of drug-likeness (QED) is 0.254. The summed E-state index contributed by atoms with van der Waals surface area (Å²) in [7, 11) is 3.91. The highest BCUT2D eigenvalue weighted by atomic mass is 16.3. The minimum Gasteiger partial charge on any atom is -0.392 e. The molecular weight excluding hydrogens is 498 g/mol. The molecule has 204 valence electrons. The average Bonchev–Trinajstić information content (AvgIpc) is 2.88. The molecule has 0 bridgehead atoms. The molecule has 0 radical (unpaired) electrons. The SMILES string of the molecule is CC(=O)Nc1cc(CO)cc(NC(=O)c2ccc(C(=O)Nc3cccc(NC(=O)CCCN(C)C)c3)cc2)c1. The largest absolute Gasteiger partial charge is 0.392 e. The van der Waals surface area contributed by atoms with Crippen LogP contribution < -0.4 is 21.3 Å². The van der Waals surface area contributed by atoms with E-state index in [2.05, 4.69) is 21.3 Å². The Morgan fingerprint density at radius 1 is 0.718 bits per heavy atom. The molecular formula is C29H33N5O5. The molecule has 0 spiro atoms. The first-order chi connectivity index (χ1) is 18.6. The van der Waals surface area contributed by atoms with Gasteiger partial charge < -0.3 is 31.3 Å². The summed E-state index contributed by atoms with van der Waals surface area (Å²) in [6, 6.07) is 17.8. The molecule has 0 heterocycles. The van der Waals surface area contributed by atoms with Crippen molar-refractivity contribution in [2.75, 3.05) is 41.9 Å². The number of rotatable bonds is 11. The summed E-state index contributed by atoms with van der Waals surface area (Å²) in [4.78, 5) is 51.1. The molecule has 3 aromatic rings. The summed E-state index contributed by atoms with van der Waals surface area (Å²) in [5.41, 5.74) is 3.15. The number of nitrogens with zero attached hydrogens (tertiary/aromatic N) is 1. The van der Waals surface area contributed by atoms with Gasteiger partial charge >= 0.3 is 0 Å². The fourth-order valence-electron chi connectivity index (χ4n) is 3.76. The van der Waals surface area contributed by atoms with Crippen molar-refractivity contribution < 1.29 is 24.3 Å². The van der Waals surface area contributed by atoms with E-state index in [4.69, 9.17) is 0 Å². The lowest BCUT2D eigenvalue weighted by Gasteiger charge is -2.11. The van der Waals surface area contributed by atoms with Gasteiger partial charge in [-0.25, -0.2) is 0 Å². The van der Waals surface area contributed by atoms with Gasteiger partial charge in [0, 0.05) is 47.2 Å². The normalized spacial score (nSPS) is 10.6. The van der Waals surface area contributed by atoms with Crippen LogP contribution in [-0.2, 0) is 16.2 Å². The van der Waals surface area contributed by atoms with Crippen LogP contribution in [0.15, 0.2) is 66.7 Å². The first-order valence-corrected chi connectivity index (χ1v) is 12.4. The maximum Gasteiger partial charge on any atom is 0.255 e. The van der Waals surface area contributed by atoms with Crippen LogP contribution >= 0.6 is 0 Å². The Balaban J connectivity index is 1.60. The number of amides is 4. The third kappa shape index (κ3) is 9.37. The minimum atomic E-state index is -0.417. The minimum absolute atomic E-state index is 0.0939. The lowest BCUT2D eigenvalue weighted by Crippen LogP contribution is -2.17. The van der Waals surface area contributed by atoms with Crippen LogP contribution in [0.4, 0.5) is 22.7 Å². The molecule has 5 N–H and O–H groups in total. The highest BCUT2D eigenvalue weighted by Crippen LogP contribution is 2.21. The van der Waals surface area contributed by atoms with Gasteiger partial charge in [0.25, 0.3) is 11.8 Å². The number of carbonyl (C=O) groups excluding carboxylic acids is 4. The zero-order valence-corrected chi connectivity index (χ0v) is 22.2. The predicted molar refractivity (Wildman–Crippen MR) is 152 cm³/mol. The third-order valence-electron chi connectivity index (χ3n) is 5.58. The predicted octanol–water partition coefficient (Wildman–Crippen LogP) is 3.92. The molecule has 0 aliphatic rings. The zero-order valence-electron chi connectivity index (χ0n) is 22.2. The van der Waals surface area contributed by atoms with Gasteiger partial charge in [-0.05, 0) is 93.3 Å². The van der Waals surface area contributed by atoms with E-state index in [0.29, 0.717) is 45.9 Å². The van der Waals surface area contributed by atoms with Crippen LogP contribution in [-0.4, -0.2) is 54.3 Å². The fraction of sp³-hybridized carbons (Fsp3) is 0.241. The number of aliphatic hydroxyl groups is 1. The monoisotopic (exact) mass is 531 g/mol. The highest BCUT2D eigenvalue weighted by molar-refractivity contribution is 6.07. The fourth-order valence-corrected chi connectivity index (χ4v) is 3.76. The molecule has 0 fully saturated rings. The molecule has 0 atom stereocenters. The van der Waals surface area contributed by atoms with E-state index in [1.807, 2.05) is 19.0 Å². The van der Waals surface area contributed by atoms with Gasteiger partial charge in [-0.3, -0.25) is 19.2 Å². The number of hydrogen-bond acceptors (Lipinski definition) is 6. The topological polar surface area (TPSA) is 140 Å². The number of aliphatic hydroxyl groups excluding tert-OH is 1. The number of carbonyl (C=O) groups is 4. The zero-order chi connectivity index (χ0) is 28.4. The highest BCUT2D eigenvalue weighted by Gasteiger charge is 2.12. The second-order valence-corrected chi connectivity index (χ2v) is 9.28. The molecule has 10 nitrogen and oxygen atoms in total. The van der Waals surface area contributed by atoms with E-state index in [9.17, 15) is 24.3 Å². The lowest BCUT2D eigenvalue weighted by atomic mass is 10.1. The summed E-state index contributed by atoms with van der Waals surface area (Å²) in [6.45, 7) is 1.93. The van der Waals surface area contributed by atoms with Crippen molar-refractivity contribution in [3.63, 3.8) is 0 Å². The van der Waals surface area contributed by atoms with E-state index in [1.54, 1.807) is 42.5 Å². The van der Waals surface area contributed by atoms with Gasteiger partial charge in [0.15, 0.2) is 0 Å². The second kappa shape index (κ2) is 13.8. The van der Waals surface area contributed by atoms with E-state index in [0.717, 1.165) is 13.0 Å². The maximum atomic E-state index is 12.8. The summed E-state index contributed by atoms with van der Waals surface area (Å²) < 4.78 is 0. The smallest absolute Gasteiger partial charge is 0.255 e. The number of hydrogen-bond donors (Lipinski definition) is 5. The number of anilines is 4. The molecule has 0 aliphatic heterocycles. The summed E-state index contributed by atoms with van der Waals surface area (Å²) in [5.74, 6) is -1.15. The first kappa shape index (κ1) is 29.0. The van der Waals surface area contributed by atoms with Gasteiger partial charge in [0.05, 0.1) is 6.61 Å². The second-order valence-electron chi connectivity index (χ2n) is 9.28. The van der Waals surface area contributed by atoms with Gasteiger partial charge in [0.1, 0.15) is 0 Å². The first-order valence-electron chi connectivity index (χ1n) is 12.4. The van der Waals surface area contributed by atoms with E-state index in [-0.39, 0.29) is 24.3 Å². The Bertz CT molecular complexity index is 1340. The molecule has 0 aromatic heterocycles. The van der Waals surface area contributed by atoms with E-state index < -0.39 is 5.91 Å². The third-order valence-corrected chi connectivity index (χ3v) is 5.58. The van der Waals surface area contributed by atoms with Gasteiger partial charge in [0.2, 0.25) is 11.8 Å². The Labute approximate surface area is 227 Å². The van der Waals surface area contributed by atoms with Crippen molar-refractivity contribution >= 4 is 46.4 Å². The molecule has 0 saturated carbocycles. The van der Waals surface area contributed by atoms with Crippen molar-refractivity contribution in [1.82, 2.24) is 4.90 Å². The molecule has 39 heavy (non-hydrogen) atoms. The summed E-state index contributed by atoms with van der Waals surface area (Å²) in [5, 5.41) is 20.5. The Morgan fingerprint density at radius 3 is 1.77 bits per heavy atom. The van der Waals surface area contributed by atoms with Gasteiger partial charge in [-0.15, -0.1) is 0 Å². The van der Waals surface area contributed by atoms with Crippen molar-refractivity contribution in [3.8, 4) is 0 Å². The molecule has 0 saturated heterocycles. The average molecular weight is 532 g/mol.